The Morgan fingerprint density at radius 3 is 2.65 bits per heavy atom. The van der Waals surface area contributed by atoms with Gasteiger partial charge in [0.1, 0.15) is 5.56 Å². The molecule has 0 fully saturated rings. The third kappa shape index (κ3) is 3.32. The number of ether oxygens (including phenoxy) is 1. The van der Waals surface area contributed by atoms with Gasteiger partial charge in [0, 0.05) is 17.3 Å². The number of amides is 1. The molecule has 7 nitrogen and oxygen atoms in total. The first-order chi connectivity index (χ1) is 12.5. The molecule has 132 valence electrons. The quantitative estimate of drug-likeness (QED) is 0.685. The van der Waals surface area contributed by atoms with Crippen LogP contribution in [0.25, 0.3) is 11.0 Å². The van der Waals surface area contributed by atoms with E-state index in [0.717, 1.165) is 5.69 Å². The Kier molecular flexibility index (Phi) is 4.79. The van der Waals surface area contributed by atoms with Crippen molar-refractivity contribution in [2.75, 3.05) is 11.9 Å². The van der Waals surface area contributed by atoms with Crippen LogP contribution in [0.2, 0.25) is 0 Å². The van der Waals surface area contributed by atoms with Gasteiger partial charge in [-0.1, -0.05) is 12.1 Å². The van der Waals surface area contributed by atoms with E-state index >= 15 is 0 Å². The summed E-state index contributed by atoms with van der Waals surface area (Å²) in [5, 5.41) is 3.78. The van der Waals surface area contributed by atoms with Gasteiger partial charge >= 0.3 is 5.97 Å². The average Bonchev–Trinajstić information content (AvgIpc) is 2.62. The number of benzene rings is 1. The Hall–Kier alpha value is -3.48. The van der Waals surface area contributed by atoms with E-state index in [0.29, 0.717) is 28.0 Å². The predicted molar refractivity (Wildman–Crippen MR) is 98.5 cm³/mol. The van der Waals surface area contributed by atoms with Gasteiger partial charge in [0.25, 0.3) is 5.91 Å². The van der Waals surface area contributed by atoms with Crippen molar-refractivity contribution in [3.05, 3.63) is 59.4 Å². The summed E-state index contributed by atoms with van der Waals surface area (Å²) in [7, 11) is 0. The zero-order valence-electron chi connectivity index (χ0n) is 14.4. The molecule has 0 aliphatic carbocycles. The molecule has 1 amide bonds. The van der Waals surface area contributed by atoms with Crippen LogP contribution in [0.1, 0.15) is 33.3 Å². The number of nitrogens with zero attached hydrogens (tertiary/aromatic N) is 2. The number of esters is 1. The summed E-state index contributed by atoms with van der Waals surface area (Å²) in [4.78, 5) is 32.7. The number of fused-ring (bicyclic) bond motifs is 1. The highest BCUT2D eigenvalue weighted by atomic mass is 16.5. The van der Waals surface area contributed by atoms with Crippen LogP contribution in [0, 0.1) is 6.92 Å². The van der Waals surface area contributed by atoms with Gasteiger partial charge in [-0.2, -0.15) is 0 Å². The first-order valence-electron chi connectivity index (χ1n) is 8.10. The summed E-state index contributed by atoms with van der Waals surface area (Å²) in [6, 6.07) is 10.5. The van der Waals surface area contributed by atoms with Gasteiger partial charge in [-0.3, -0.25) is 4.79 Å². The molecular formula is C19H18N4O3. The Morgan fingerprint density at radius 1 is 1.15 bits per heavy atom. The van der Waals surface area contributed by atoms with Gasteiger partial charge in [-0.15, -0.1) is 0 Å². The van der Waals surface area contributed by atoms with Crippen molar-refractivity contribution in [3.8, 4) is 0 Å². The number of nitrogens with one attached hydrogen (secondary N) is 1. The molecule has 0 aliphatic heterocycles. The van der Waals surface area contributed by atoms with E-state index < -0.39 is 11.9 Å². The minimum absolute atomic E-state index is 0.236. The van der Waals surface area contributed by atoms with E-state index in [4.69, 9.17) is 10.5 Å². The number of hydrogen-bond donors (Lipinski definition) is 2. The summed E-state index contributed by atoms with van der Waals surface area (Å²) < 4.78 is 5.13. The van der Waals surface area contributed by atoms with Crippen LogP contribution in [0.3, 0.4) is 0 Å². The molecule has 3 N–H and O–H groups in total. The number of aromatic nitrogens is 2. The standard InChI is InChI=1S/C19H18N4O3/c1-3-26-19(25)14-10-21-18-13(9-8-11(2)22-18)16(14)23-15-7-5-4-6-12(15)17(20)24/h4-10H,3H2,1-2H3,(H2,20,24)(H,21,22,23). The van der Waals surface area contributed by atoms with Crippen molar-refractivity contribution < 1.29 is 14.3 Å². The maximum Gasteiger partial charge on any atom is 0.341 e. The summed E-state index contributed by atoms with van der Waals surface area (Å²) >= 11 is 0. The molecule has 3 rings (SSSR count). The Morgan fingerprint density at radius 2 is 1.92 bits per heavy atom. The number of para-hydroxylation sites is 1. The number of carbonyl (C=O) groups excluding carboxylic acids is 2. The lowest BCUT2D eigenvalue weighted by Crippen LogP contribution is -2.14. The highest BCUT2D eigenvalue weighted by molar-refractivity contribution is 6.07. The normalized spacial score (nSPS) is 10.5. The fourth-order valence-electron chi connectivity index (χ4n) is 2.61. The third-order valence-electron chi connectivity index (χ3n) is 3.82. The molecule has 0 radical (unpaired) electrons. The van der Waals surface area contributed by atoms with Gasteiger partial charge in [0.05, 0.1) is 23.5 Å². The molecular weight excluding hydrogens is 332 g/mol. The maximum atomic E-state index is 12.4. The number of aryl methyl sites for hydroxylation is 1. The zero-order chi connectivity index (χ0) is 18.7. The van der Waals surface area contributed by atoms with Crippen molar-refractivity contribution in [3.63, 3.8) is 0 Å². The molecule has 26 heavy (non-hydrogen) atoms. The SMILES string of the molecule is CCOC(=O)c1cnc2nc(C)ccc2c1Nc1ccccc1C(N)=O. The number of hydrogen-bond acceptors (Lipinski definition) is 6. The van der Waals surface area contributed by atoms with Crippen molar-refractivity contribution in [1.29, 1.82) is 0 Å². The first-order valence-corrected chi connectivity index (χ1v) is 8.10. The largest absolute Gasteiger partial charge is 0.462 e. The van der Waals surface area contributed by atoms with Gasteiger partial charge in [-0.25, -0.2) is 14.8 Å². The number of primary amides is 1. The highest BCUT2D eigenvalue weighted by Crippen LogP contribution is 2.30. The molecule has 0 atom stereocenters. The molecule has 0 bridgehead atoms. The van der Waals surface area contributed by atoms with Crippen LogP contribution in [-0.2, 0) is 4.74 Å². The third-order valence-corrected chi connectivity index (χ3v) is 3.82. The van der Waals surface area contributed by atoms with Gasteiger partial charge in [0.15, 0.2) is 5.65 Å². The van der Waals surface area contributed by atoms with Crippen LogP contribution in [0.5, 0.6) is 0 Å². The lowest BCUT2D eigenvalue weighted by Gasteiger charge is -2.15. The summed E-state index contributed by atoms with van der Waals surface area (Å²) in [6.07, 6.45) is 1.42. The molecule has 0 unspecified atom stereocenters. The number of carbonyl (C=O) groups is 2. The van der Waals surface area contributed by atoms with Crippen molar-refractivity contribution in [2.24, 2.45) is 5.73 Å². The van der Waals surface area contributed by atoms with Gasteiger partial charge in [0.2, 0.25) is 0 Å². The van der Waals surface area contributed by atoms with E-state index in [1.54, 1.807) is 31.2 Å². The van der Waals surface area contributed by atoms with E-state index in [2.05, 4.69) is 15.3 Å². The minimum Gasteiger partial charge on any atom is -0.462 e. The van der Waals surface area contributed by atoms with Gasteiger partial charge < -0.3 is 15.8 Å². The lowest BCUT2D eigenvalue weighted by atomic mass is 10.1. The molecule has 7 heteroatoms. The smallest absolute Gasteiger partial charge is 0.341 e. The number of pyridine rings is 2. The van der Waals surface area contributed by atoms with E-state index in [1.165, 1.54) is 6.20 Å². The second kappa shape index (κ2) is 7.18. The average molecular weight is 350 g/mol. The van der Waals surface area contributed by atoms with Crippen molar-refractivity contribution in [2.45, 2.75) is 13.8 Å². The van der Waals surface area contributed by atoms with Crippen LogP contribution >= 0.6 is 0 Å². The molecule has 0 spiro atoms. The Balaban J connectivity index is 2.20. The number of rotatable bonds is 5. The van der Waals surface area contributed by atoms with Crippen molar-refractivity contribution in [1.82, 2.24) is 9.97 Å². The van der Waals surface area contributed by atoms with E-state index in [-0.39, 0.29) is 12.2 Å². The monoisotopic (exact) mass is 350 g/mol. The Labute approximate surface area is 150 Å². The second-order valence-electron chi connectivity index (χ2n) is 5.63. The Bertz CT molecular complexity index is 1000. The van der Waals surface area contributed by atoms with Crippen LogP contribution in [0.15, 0.2) is 42.6 Å². The molecule has 0 saturated heterocycles. The fraction of sp³-hybridized carbons (Fsp3) is 0.158. The minimum atomic E-state index is -0.571. The van der Waals surface area contributed by atoms with Crippen molar-refractivity contribution >= 4 is 34.3 Å². The second-order valence-corrected chi connectivity index (χ2v) is 5.63. The van der Waals surface area contributed by atoms with Crippen LogP contribution < -0.4 is 11.1 Å². The first kappa shape index (κ1) is 17.3. The fourth-order valence-corrected chi connectivity index (χ4v) is 2.61. The molecule has 3 aromatic rings. The molecule has 2 heterocycles. The lowest BCUT2D eigenvalue weighted by molar-refractivity contribution is 0.0527. The van der Waals surface area contributed by atoms with E-state index in [1.807, 2.05) is 19.1 Å². The van der Waals surface area contributed by atoms with E-state index in [9.17, 15) is 9.59 Å². The summed E-state index contributed by atoms with van der Waals surface area (Å²) in [5.41, 5.74) is 8.26. The summed E-state index contributed by atoms with van der Waals surface area (Å²) in [5.74, 6) is -1.08. The molecule has 0 saturated carbocycles. The molecule has 0 aliphatic rings. The predicted octanol–water partition coefficient (Wildman–Crippen LogP) is 2.96. The van der Waals surface area contributed by atoms with Crippen LogP contribution in [-0.4, -0.2) is 28.5 Å². The number of nitrogens with two attached hydrogens (primary N) is 1. The number of anilines is 2. The van der Waals surface area contributed by atoms with Crippen LogP contribution in [0.4, 0.5) is 11.4 Å². The summed E-state index contributed by atoms with van der Waals surface area (Å²) in [6.45, 7) is 3.82. The topological polar surface area (TPSA) is 107 Å². The highest BCUT2D eigenvalue weighted by Gasteiger charge is 2.19. The zero-order valence-corrected chi connectivity index (χ0v) is 14.4. The molecule has 2 aromatic heterocycles. The maximum absolute atomic E-state index is 12.4. The van der Waals surface area contributed by atoms with Gasteiger partial charge in [-0.05, 0) is 38.1 Å². The molecule has 1 aromatic carbocycles.